The highest BCUT2D eigenvalue weighted by Gasteiger charge is 2.09. The van der Waals surface area contributed by atoms with E-state index in [0.717, 1.165) is 14.0 Å². The minimum absolute atomic E-state index is 0.876. The Hall–Kier alpha value is 0.490. The zero-order chi connectivity index (χ0) is 9.42. The molecule has 0 saturated carbocycles. The highest BCUT2D eigenvalue weighted by atomic mass is 79.9. The van der Waals surface area contributed by atoms with E-state index in [4.69, 9.17) is 0 Å². The highest BCUT2D eigenvalue weighted by Crippen LogP contribution is 2.39. The maximum absolute atomic E-state index is 4.48. The summed E-state index contributed by atoms with van der Waals surface area (Å²) in [5, 5.41) is 2.14. The van der Waals surface area contributed by atoms with Crippen LogP contribution in [0, 0.1) is 0 Å². The zero-order valence-corrected chi connectivity index (χ0v) is 11.4. The molecule has 2 aromatic rings. The number of halogens is 2. The Labute approximate surface area is 103 Å². The Balaban J connectivity index is 2.87. The molecular weight excluding hydrogens is 332 g/mol. The third-order valence-electron chi connectivity index (χ3n) is 1.88. The minimum Gasteiger partial charge on any atom is -0.141 e. The molecule has 0 unspecified atom stereocenters. The van der Waals surface area contributed by atoms with Gasteiger partial charge >= 0.3 is 0 Å². The number of rotatable bonds is 1. The fourth-order valence-electron chi connectivity index (χ4n) is 1.28. The molecule has 2 rings (SSSR count). The van der Waals surface area contributed by atoms with Gasteiger partial charge in [0.15, 0.2) is 0 Å². The van der Waals surface area contributed by atoms with Gasteiger partial charge in [-0.15, -0.1) is 24.0 Å². The van der Waals surface area contributed by atoms with E-state index in [1.165, 1.54) is 15.6 Å². The quantitative estimate of drug-likeness (QED) is 0.558. The summed E-state index contributed by atoms with van der Waals surface area (Å²) in [5.41, 5.74) is 1.30. The van der Waals surface area contributed by atoms with Gasteiger partial charge in [-0.3, -0.25) is 0 Å². The van der Waals surface area contributed by atoms with E-state index < -0.39 is 0 Å². The lowest BCUT2D eigenvalue weighted by Crippen LogP contribution is -1.77. The van der Waals surface area contributed by atoms with Crippen molar-refractivity contribution in [3.63, 3.8) is 0 Å². The second kappa shape index (κ2) is 3.93. The maximum atomic E-state index is 4.48. The highest BCUT2D eigenvalue weighted by molar-refractivity contribution is 9.11. The molecule has 0 aliphatic heterocycles. The van der Waals surface area contributed by atoms with Crippen molar-refractivity contribution in [3.8, 4) is 0 Å². The number of hydrogen-bond donors (Lipinski definition) is 1. The molecule has 1 heterocycles. The Kier molecular flexibility index (Phi) is 3.03. The molecule has 0 saturated heterocycles. The molecular formula is C9H6Br2S2. The van der Waals surface area contributed by atoms with Crippen molar-refractivity contribution in [3.05, 3.63) is 27.5 Å². The van der Waals surface area contributed by atoms with E-state index in [1.807, 2.05) is 0 Å². The summed E-state index contributed by atoms with van der Waals surface area (Å²) >= 11 is 13.2. The molecule has 0 nitrogen and oxygen atoms in total. The zero-order valence-electron chi connectivity index (χ0n) is 6.55. The van der Waals surface area contributed by atoms with Gasteiger partial charge in [0, 0.05) is 20.3 Å². The second-order valence-electron chi connectivity index (χ2n) is 2.65. The van der Waals surface area contributed by atoms with E-state index >= 15 is 0 Å². The molecule has 1 aromatic carbocycles. The van der Waals surface area contributed by atoms with Crippen LogP contribution in [-0.2, 0) is 5.33 Å². The van der Waals surface area contributed by atoms with E-state index in [0.29, 0.717) is 0 Å². The molecule has 0 spiro atoms. The first-order valence-electron chi connectivity index (χ1n) is 3.69. The van der Waals surface area contributed by atoms with Crippen LogP contribution < -0.4 is 0 Å². The first-order valence-corrected chi connectivity index (χ1v) is 6.86. The summed E-state index contributed by atoms with van der Waals surface area (Å²) < 4.78 is 2.40. The topological polar surface area (TPSA) is 0 Å². The summed E-state index contributed by atoms with van der Waals surface area (Å²) in [7, 11) is 0. The molecule has 0 aliphatic rings. The van der Waals surface area contributed by atoms with E-state index in [2.05, 4.69) is 62.7 Å². The number of hydrogen-bond acceptors (Lipinski definition) is 2. The Morgan fingerprint density at radius 1 is 1.38 bits per heavy atom. The van der Waals surface area contributed by atoms with E-state index in [9.17, 15) is 0 Å². The summed E-state index contributed by atoms with van der Waals surface area (Å²) in [4.78, 5) is 1.05. The molecule has 0 amide bonds. The van der Waals surface area contributed by atoms with Crippen LogP contribution in [0.1, 0.15) is 5.56 Å². The van der Waals surface area contributed by atoms with Crippen molar-refractivity contribution in [1.82, 2.24) is 0 Å². The van der Waals surface area contributed by atoms with Crippen molar-refractivity contribution in [2.75, 3.05) is 0 Å². The van der Waals surface area contributed by atoms with Gasteiger partial charge in [0.25, 0.3) is 0 Å². The van der Waals surface area contributed by atoms with Crippen LogP contribution in [0.25, 0.3) is 10.1 Å². The molecule has 0 aliphatic carbocycles. The van der Waals surface area contributed by atoms with Gasteiger partial charge in [-0.05, 0) is 27.6 Å². The fourth-order valence-corrected chi connectivity index (χ4v) is 3.82. The number of thiol groups is 1. The number of benzene rings is 1. The van der Waals surface area contributed by atoms with Crippen LogP contribution in [0.5, 0.6) is 0 Å². The molecule has 68 valence electrons. The lowest BCUT2D eigenvalue weighted by atomic mass is 10.1. The van der Waals surface area contributed by atoms with Crippen LogP contribution in [-0.4, -0.2) is 0 Å². The van der Waals surface area contributed by atoms with E-state index in [1.54, 1.807) is 11.3 Å². The summed E-state index contributed by atoms with van der Waals surface area (Å²) in [6, 6.07) is 6.32. The summed E-state index contributed by atoms with van der Waals surface area (Å²) in [6.45, 7) is 0. The van der Waals surface area contributed by atoms with Crippen molar-refractivity contribution in [2.24, 2.45) is 0 Å². The van der Waals surface area contributed by atoms with Gasteiger partial charge in [0.2, 0.25) is 0 Å². The molecule has 0 atom stereocenters. The van der Waals surface area contributed by atoms with Crippen LogP contribution in [0.15, 0.2) is 26.9 Å². The monoisotopic (exact) mass is 336 g/mol. The molecule has 0 fully saturated rings. The van der Waals surface area contributed by atoms with Gasteiger partial charge in [-0.1, -0.05) is 28.1 Å². The Bertz CT molecular complexity index is 448. The Morgan fingerprint density at radius 2 is 2.15 bits per heavy atom. The normalized spacial score (nSPS) is 11.0. The molecule has 0 N–H and O–H groups in total. The smallest absolute Gasteiger partial charge is 0.0844 e. The van der Waals surface area contributed by atoms with E-state index in [-0.39, 0.29) is 0 Å². The van der Waals surface area contributed by atoms with Crippen LogP contribution in [0.3, 0.4) is 0 Å². The molecule has 13 heavy (non-hydrogen) atoms. The number of alkyl halides is 1. The standard InChI is InChI=1S/C9H6Br2S2/c10-4-5-2-1-3-6-7(5)8(12)9(11)13-6/h1-3,12H,4H2. The lowest BCUT2D eigenvalue weighted by Gasteiger charge is -1.98. The third kappa shape index (κ3) is 1.69. The lowest BCUT2D eigenvalue weighted by molar-refractivity contribution is 1.46. The summed E-state index contributed by atoms with van der Waals surface area (Å²) in [6.07, 6.45) is 0. The molecule has 1 aromatic heterocycles. The van der Waals surface area contributed by atoms with Gasteiger partial charge < -0.3 is 0 Å². The average Bonchev–Trinajstić information content (AvgIpc) is 2.43. The second-order valence-corrected chi connectivity index (χ2v) is 6.03. The first kappa shape index (κ1) is 10.0. The fraction of sp³-hybridized carbons (Fsp3) is 0.111. The molecule has 0 radical (unpaired) electrons. The van der Waals surface area contributed by atoms with Crippen molar-refractivity contribution in [2.45, 2.75) is 10.2 Å². The van der Waals surface area contributed by atoms with Crippen molar-refractivity contribution in [1.29, 1.82) is 0 Å². The van der Waals surface area contributed by atoms with Crippen molar-refractivity contribution < 1.29 is 0 Å². The van der Waals surface area contributed by atoms with Gasteiger partial charge in [-0.25, -0.2) is 0 Å². The third-order valence-corrected chi connectivity index (χ3v) is 5.21. The minimum atomic E-state index is 0.876. The largest absolute Gasteiger partial charge is 0.141 e. The summed E-state index contributed by atoms with van der Waals surface area (Å²) in [5.74, 6) is 0. The Morgan fingerprint density at radius 3 is 2.85 bits per heavy atom. The predicted molar refractivity (Wildman–Crippen MR) is 69.4 cm³/mol. The average molecular weight is 338 g/mol. The van der Waals surface area contributed by atoms with Crippen LogP contribution in [0.2, 0.25) is 0 Å². The van der Waals surface area contributed by atoms with Gasteiger partial charge in [0.1, 0.15) is 0 Å². The van der Waals surface area contributed by atoms with Crippen LogP contribution >= 0.6 is 55.8 Å². The molecule has 4 heteroatoms. The maximum Gasteiger partial charge on any atom is 0.0844 e. The SMILES string of the molecule is Sc1c(Br)sc2cccc(CBr)c12. The molecule has 0 bridgehead atoms. The van der Waals surface area contributed by atoms with Crippen LogP contribution in [0.4, 0.5) is 0 Å². The first-order chi connectivity index (χ1) is 6.24. The number of fused-ring (bicyclic) bond motifs is 1. The predicted octanol–water partition coefficient (Wildman–Crippen LogP) is 4.85. The van der Waals surface area contributed by atoms with Gasteiger partial charge in [-0.2, -0.15) is 0 Å². The van der Waals surface area contributed by atoms with Crippen molar-refractivity contribution >= 4 is 65.9 Å². The van der Waals surface area contributed by atoms with Gasteiger partial charge in [0.05, 0.1) is 3.79 Å². The number of thiophene rings is 1.